The summed E-state index contributed by atoms with van der Waals surface area (Å²) in [5.74, 6) is 2.31. The van der Waals surface area contributed by atoms with Gasteiger partial charge in [0.05, 0.1) is 27.4 Å². The molecule has 0 aliphatic heterocycles. The van der Waals surface area contributed by atoms with Crippen LogP contribution in [0.4, 0.5) is 0 Å². The molecule has 3 aromatic carbocycles. The fraction of sp³-hybridized carbons (Fsp3) is 0.333. The van der Waals surface area contributed by atoms with Crippen LogP contribution in [0.5, 0.6) is 17.2 Å². The number of hydrogen-bond acceptors (Lipinski definition) is 5. The van der Waals surface area contributed by atoms with E-state index in [1.807, 2.05) is 54.6 Å². The molecule has 0 aliphatic rings. The molecule has 6 heteroatoms. The number of aliphatic hydroxyl groups is 1. The Labute approximate surface area is 201 Å². The lowest BCUT2D eigenvalue weighted by atomic mass is 10.1. The Morgan fingerprint density at radius 2 is 1.61 bits per heavy atom. The molecular formula is C27H32ClNO4. The topological polar surface area (TPSA) is 51.2 Å². The fourth-order valence-electron chi connectivity index (χ4n) is 3.92. The molecule has 0 bridgehead atoms. The first-order valence-corrected chi connectivity index (χ1v) is 11.4. The average Bonchev–Trinajstić information content (AvgIpc) is 2.84. The lowest BCUT2D eigenvalue weighted by Gasteiger charge is -2.26. The highest BCUT2D eigenvalue weighted by molar-refractivity contribution is 6.30. The minimum absolute atomic E-state index is 0.490. The molecule has 1 N–H and O–H groups in total. The molecule has 3 aromatic rings. The van der Waals surface area contributed by atoms with Crippen LogP contribution >= 0.6 is 11.6 Å². The minimum Gasteiger partial charge on any atom is -0.496 e. The Balaban J connectivity index is 1.71. The van der Waals surface area contributed by atoms with Crippen LogP contribution < -0.4 is 14.2 Å². The molecule has 0 spiro atoms. The van der Waals surface area contributed by atoms with Gasteiger partial charge in [-0.15, -0.1) is 0 Å². The molecule has 0 radical (unpaired) electrons. The van der Waals surface area contributed by atoms with E-state index in [-0.39, 0.29) is 0 Å². The zero-order valence-corrected chi connectivity index (χ0v) is 20.2. The molecule has 1 unspecified atom stereocenters. The predicted molar refractivity (Wildman–Crippen MR) is 133 cm³/mol. The van der Waals surface area contributed by atoms with Gasteiger partial charge in [-0.05, 0) is 60.8 Å². The van der Waals surface area contributed by atoms with E-state index in [1.165, 1.54) is 5.56 Å². The molecule has 33 heavy (non-hydrogen) atoms. The van der Waals surface area contributed by atoms with E-state index in [0.29, 0.717) is 18.1 Å². The first-order chi connectivity index (χ1) is 16.0. The number of rotatable bonds is 12. The Morgan fingerprint density at radius 1 is 0.848 bits per heavy atom. The first-order valence-electron chi connectivity index (χ1n) is 11.0. The molecule has 0 aromatic heterocycles. The summed E-state index contributed by atoms with van der Waals surface area (Å²) in [6.45, 7) is 1.97. The summed E-state index contributed by atoms with van der Waals surface area (Å²) in [5.41, 5.74) is 3.08. The van der Waals surface area contributed by atoms with Crippen molar-refractivity contribution < 1.29 is 19.3 Å². The van der Waals surface area contributed by atoms with Crippen molar-refractivity contribution >= 4 is 11.6 Å². The van der Waals surface area contributed by atoms with Crippen molar-refractivity contribution in [3.63, 3.8) is 0 Å². The number of benzene rings is 3. The number of nitrogens with zero attached hydrogens (tertiary/aromatic N) is 1. The van der Waals surface area contributed by atoms with Gasteiger partial charge in [0.2, 0.25) is 0 Å². The smallest absolute Gasteiger partial charge is 0.160 e. The highest BCUT2D eigenvalue weighted by Crippen LogP contribution is 2.28. The summed E-state index contributed by atoms with van der Waals surface area (Å²) in [5, 5.41) is 11.5. The lowest BCUT2D eigenvalue weighted by Crippen LogP contribution is -2.30. The molecule has 0 saturated heterocycles. The van der Waals surface area contributed by atoms with Gasteiger partial charge in [-0.2, -0.15) is 0 Å². The second kappa shape index (κ2) is 12.5. The van der Waals surface area contributed by atoms with E-state index in [1.54, 1.807) is 21.3 Å². The Hall–Kier alpha value is -2.73. The van der Waals surface area contributed by atoms with Crippen LogP contribution in [0.25, 0.3) is 0 Å². The van der Waals surface area contributed by atoms with E-state index in [0.717, 1.165) is 47.8 Å². The van der Waals surface area contributed by atoms with Crippen molar-refractivity contribution in [2.45, 2.75) is 25.5 Å². The summed E-state index contributed by atoms with van der Waals surface area (Å²) >= 11 is 6.13. The van der Waals surface area contributed by atoms with Crippen molar-refractivity contribution in [1.82, 2.24) is 4.90 Å². The third-order valence-electron chi connectivity index (χ3n) is 5.64. The van der Waals surface area contributed by atoms with Crippen molar-refractivity contribution in [3.05, 3.63) is 88.4 Å². The van der Waals surface area contributed by atoms with Gasteiger partial charge in [-0.3, -0.25) is 4.90 Å². The maximum Gasteiger partial charge on any atom is 0.160 e. The number of halogens is 1. The summed E-state index contributed by atoms with van der Waals surface area (Å²) in [6, 6.07) is 21.4. The van der Waals surface area contributed by atoms with Crippen molar-refractivity contribution in [1.29, 1.82) is 0 Å². The standard InChI is InChI=1S/C27H32ClNO4/c1-31-25-12-5-4-9-22(25)18-29(19-24(30)21-10-6-11-23(28)17-21)15-7-8-20-13-14-26(32-2)27(16-20)33-3/h4-6,9-14,16-17,24,30H,7-8,15,18-19H2,1-3H3. The predicted octanol–water partition coefficient (Wildman–Crippen LogP) is 5.53. The van der Waals surface area contributed by atoms with E-state index in [2.05, 4.69) is 17.0 Å². The number of ether oxygens (including phenoxy) is 3. The molecule has 0 fully saturated rings. The highest BCUT2D eigenvalue weighted by atomic mass is 35.5. The molecule has 0 heterocycles. The van der Waals surface area contributed by atoms with Gasteiger partial charge in [-0.25, -0.2) is 0 Å². The number of para-hydroxylation sites is 1. The molecule has 0 aliphatic carbocycles. The van der Waals surface area contributed by atoms with Gasteiger partial charge in [0, 0.05) is 23.7 Å². The van der Waals surface area contributed by atoms with E-state index in [9.17, 15) is 5.11 Å². The molecule has 3 rings (SSSR count). The molecular weight excluding hydrogens is 438 g/mol. The van der Waals surface area contributed by atoms with Crippen molar-refractivity contribution in [3.8, 4) is 17.2 Å². The van der Waals surface area contributed by atoms with Gasteiger partial charge >= 0.3 is 0 Å². The zero-order chi connectivity index (χ0) is 23.6. The molecule has 0 saturated carbocycles. The third kappa shape index (κ3) is 7.13. The quantitative estimate of drug-likeness (QED) is 0.377. The van der Waals surface area contributed by atoms with Crippen molar-refractivity contribution in [2.75, 3.05) is 34.4 Å². The molecule has 1 atom stereocenters. The van der Waals surface area contributed by atoms with Crippen LogP contribution in [0.1, 0.15) is 29.2 Å². The van der Waals surface area contributed by atoms with Crippen LogP contribution in [-0.2, 0) is 13.0 Å². The van der Waals surface area contributed by atoms with Gasteiger partial charge in [0.15, 0.2) is 11.5 Å². The van der Waals surface area contributed by atoms with Crippen LogP contribution in [0.2, 0.25) is 5.02 Å². The van der Waals surface area contributed by atoms with Crippen LogP contribution in [0.15, 0.2) is 66.7 Å². The third-order valence-corrected chi connectivity index (χ3v) is 5.87. The monoisotopic (exact) mass is 469 g/mol. The first kappa shape index (κ1) is 24.9. The SMILES string of the molecule is COc1ccccc1CN(CCCc1ccc(OC)c(OC)c1)CC(O)c1cccc(Cl)c1. The van der Waals surface area contributed by atoms with Crippen LogP contribution in [0.3, 0.4) is 0 Å². The van der Waals surface area contributed by atoms with Gasteiger partial charge in [0.1, 0.15) is 5.75 Å². The van der Waals surface area contributed by atoms with Crippen molar-refractivity contribution in [2.24, 2.45) is 0 Å². The average molecular weight is 470 g/mol. The Bertz CT molecular complexity index is 1030. The summed E-state index contributed by atoms with van der Waals surface area (Å²) < 4.78 is 16.3. The maximum atomic E-state index is 10.9. The zero-order valence-electron chi connectivity index (χ0n) is 19.5. The number of aliphatic hydroxyl groups excluding tert-OH is 1. The summed E-state index contributed by atoms with van der Waals surface area (Å²) in [7, 11) is 4.97. The second-order valence-electron chi connectivity index (χ2n) is 7.91. The number of hydrogen-bond donors (Lipinski definition) is 1. The van der Waals surface area contributed by atoms with Gasteiger partial charge < -0.3 is 19.3 Å². The van der Waals surface area contributed by atoms with E-state index >= 15 is 0 Å². The highest BCUT2D eigenvalue weighted by Gasteiger charge is 2.16. The van der Waals surface area contributed by atoms with Gasteiger partial charge in [-0.1, -0.05) is 48.0 Å². The van der Waals surface area contributed by atoms with E-state index in [4.69, 9.17) is 25.8 Å². The molecule has 0 amide bonds. The summed E-state index contributed by atoms with van der Waals surface area (Å²) in [6.07, 6.45) is 1.17. The Kier molecular flexibility index (Phi) is 9.43. The van der Waals surface area contributed by atoms with Crippen LogP contribution in [0, 0.1) is 0 Å². The number of methoxy groups -OCH3 is 3. The lowest BCUT2D eigenvalue weighted by molar-refractivity contribution is 0.108. The van der Waals surface area contributed by atoms with E-state index < -0.39 is 6.10 Å². The maximum absolute atomic E-state index is 10.9. The van der Waals surface area contributed by atoms with Gasteiger partial charge in [0.25, 0.3) is 0 Å². The summed E-state index contributed by atoms with van der Waals surface area (Å²) in [4.78, 5) is 2.25. The normalized spacial score (nSPS) is 11.9. The molecule has 176 valence electrons. The Morgan fingerprint density at radius 3 is 2.33 bits per heavy atom. The minimum atomic E-state index is -0.639. The second-order valence-corrected chi connectivity index (χ2v) is 8.35. The number of aryl methyl sites for hydroxylation is 1. The largest absolute Gasteiger partial charge is 0.496 e. The molecule has 5 nitrogen and oxygen atoms in total. The fourth-order valence-corrected chi connectivity index (χ4v) is 4.11. The van der Waals surface area contributed by atoms with Crippen LogP contribution in [-0.4, -0.2) is 44.4 Å².